The Bertz CT molecular complexity index is 4970. The largest absolute Gasteiger partial charge is 0.485 e. The number of anilines is 4. The van der Waals surface area contributed by atoms with Gasteiger partial charge in [-0.2, -0.15) is 17.5 Å². The number of aromatic nitrogens is 6. The molecule has 13 aromatic rings. The van der Waals surface area contributed by atoms with Crippen LogP contribution in [0.3, 0.4) is 0 Å². The van der Waals surface area contributed by atoms with E-state index in [2.05, 4.69) is 131 Å². The third-order valence-electron chi connectivity index (χ3n) is 19.5. The minimum Gasteiger partial charge on any atom is -0.485 e. The highest BCUT2D eigenvalue weighted by Gasteiger charge is 2.44. The highest BCUT2D eigenvalue weighted by atomic mass is 32.1. The Balaban J connectivity index is 0.725. The van der Waals surface area contributed by atoms with Crippen molar-refractivity contribution in [3.63, 3.8) is 0 Å². The van der Waals surface area contributed by atoms with E-state index >= 15 is 0 Å². The lowest BCUT2D eigenvalue weighted by atomic mass is 9.94. The molecule has 0 amide bonds. The van der Waals surface area contributed by atoms with Gasteiger partial charge in [-0.15, -0.1) is 22.7 Å². The third kappa shape index (κ3) is 8.09. The molecular weight excluding hydrogens is 1230 g/mol. The molecule has 0 saturated heterocycles. The van der Waals surface area contributed by atoms with Crippen LogP contribution in [0.25, 0.3) is 108 Å². The topological polar surface area (TPSA) is 195 Å². The number of aromatic carboxylic acids is 2. The van der Waals surface area contributed by atoms with Gasteiger partial charge in [0.1, 0.15) is 59.9 Å². The molecule has 16 nitrogen and oxygen atoms in total. The molecule has 2 saturated carbocycles. The van der Waals surface area contributed by atoms with Gasteiger partial charge in [-0.3, -0.25) is 0 Å². The zero-order valence-corrected chi connectivity index (χ0v) is 52.1. The molecule has 20 heteroatoms. The molecule has 0 spiro atoms. The second-order valence-electron chi connectivity index (χ2n) is 24.2. The number of para-hydroxylation sites is 2. The molecule has 2 fully saturated rings. The normalized spacial score (nSPS) is 18.5. The van der Waals surface area contributed by atoms with Crippen molar-refractivity contribution in [1.82, 2.24) is 27.5 Å². The van der Waals surface area contributed by atoms with E-state index in [-0.39, 0.29) is 35.6 Å². The first-order chi connectivity index (χ1) is 45.3. The highest BCUT2D eigenvalue weighted by molar-refractivity contribution is 7.20. The average molecular weight is 1280 g/mol. The van der Waals surface area contributed by atoms with E-state index in [1.54, 1.807) is 0 Å². The molecule has 7 aromatic carbocycles. The number of nitrogens with zero attached hydrogens (tertiary/aromatic N) is 8. The molecule has 450 valence electrons. The molecule has 19 rings (SSSR count). The SMILES string of the molecule is O=C(O)c1cc(-c2sc(-c3ccc(-c4ccc5c(c4)N(c4ccccc4)C4CCCC54)c4nsnc34)c3c2OCCO3)c2ccc3c(-c4sc(-c5ccc(-c6ccc7c(c6)N(c6ccccc6)C6CCCC76)c6nsnc56)c5c4OCCO5)cc(C(=O)O)nc3c2n1. The summed E-state index contributed by atoms with van der Waals surface area (Å²) in [7, 11) is 0. The lowest BCUT2D eigenvalue weighted by molar-refractivity contribution is 0.0680. The summed E-state index contributed by atoms with van der Waals surface area (Å²) in [4.78, 5) is 44.0. The van der Waals surface area contributed by atoms with Crippen molar-refractivity contribution in [2.45, 2.75) is 62.4 Å². The Kier molecular flexibility index (Phi) is 12.2. The summed E-state index contributed by atoms with van der Waals surface area (Å²) in [6, 6.07) is 51.1. The van der Waals surface area contributed by atoms with E-state index in [0.29, 0.717) is 103 Å². The number of hydrogen-bond donors (Lipinski definition) is 2. The zero-order chi connectivity index (χ0) is 61.0. The Morgan fingerprint density at radius 2 is 0.793 bits per heavy atom. The number of carboxylic acid groups (broad SMARTS) is 2. The summed E-state index contributed by atoms with van der Waals surface area (Å²) in [6.45, 7) is 1.09. The van der Waals surface area contributed by atoms with Crippen LogP contribution in [0, 0.1) is 0 Å². The smallest absolute Gasteiger partial charge is 0.354 e. The van der Waals surface area contributed by atoms with Gasteiger partial charge in [0.15, 0.2) is 23.0 Å². The van der Waals surface area contributed by atoms with Crippen molar-refractivity contribution in [2.75, 3.05) is 36.2 Å². The number of pyridine rings is 2. The van der Waals surface area contributed by atoms with Crippen molar-refractivity contribution >= 4 is 125 Å². The van der Waals surface area contributed by atoms with Gasteiger partial charge in [-0.1, -0.05) is 110 Å². The summed E-state index contributed by atoms with van der Waals surface area (Å²) in [6.07, 6.45) is 7.06. The molecule has 10 heterocycles. The van der Waals surface area contributed by atoms with Crippen LogP contribution in [-0.2, 0) is 0 Å². The number of carboxylic acids is 2. The molecule has 4 unspecified atom stereocenters. The van der Waals surface area contributed by atoms with Crippen LogP contribution in [0.2, 0.25) is 0 Å². The first kappa shape index (κ1) is 53.9. The number of hydrogen-bond acceptors (Lipinski definition) is 18. The maximum Gasteiger partial charge on any atom is 0.354 e. The second-order valence-corrected chi connectivity index (χ2v) is 27.3. The third-order valence-corrected chi connectivity index (χ3v) is 23.0. The number of thiophene rings is 2. The van der Waals surface area contributed by atoms with Crippen molar-refractivity contribution < 1.29 is 38.7 Å². The molecule has 6 aromatic heterocycles. The number of rotatable bonds is 10. The van der Waals surface area contributed by atoms with Crippen LogP contribution >= 0.6 is 46.1 Å². The van der Waals surface area contributed by atoms with Crippen LogP contribution in [0.5, 0.6) is 23.0 Å². The van der Waals surface area contributed by atoms with Gasteiger partial charge >= 0.3 is 11.9 Å². The average Bonchev–Trinajstić information content (AvgIpc) is 1.48. The van der Waals surface area contributed by atoms with E-state index in [1.807, 2.05) is 12.1 Å². The minimum atomic E-state index is -1.28. The molecule has 2 aliphatic carbocycles. The Morgan fingerprint density at radius 3 is 1.20 bits per heavy atom. The van der Waals surface area contributed by atoms with E-state index < -0.39 is 11.9 Å². The van der Waals surface area contributed by atoms with Crippen molar-refractivity contribution in [1.29, 1.82) is 0 Å². The van der Waals surface area contributed by atoms with Gasteiger partial charge in [-0.05, 0) is 96.5 Å². The first-order valence-electron chi connectivity index (χ1n) is 30.9. The summed E-state index contributed by atoms with van der Waals surface area (Å²) in [5.41, 5.74) is 17.0. The molecule has 0 bridgehead atoms. The lowest BCUT2D eigenvalue weighted by Gasteiger charge is -2.27. The van der Waals surface area contributed by atoms with Crippen LogP contribution < -0.4 is 28.7 Å². The van der Waals surface area contributed by atoms with E-state index in [1.165, 1.54) is 94.4 Å². The first-order valence-corrected chi connectivity index (χ1v) is 34.0. The quantitative estimate of drug-likeness (QED) is 0.123. The van der Waals surface area contributed by atoms with Gasteiger partial charge in [-0.25, -0.2) is 19.6 Å². The van der Waals surface area contributed by atoms with Crippen LogP contribution in [-0.4, -0.2) is 88.1 Å². The fourth-order valence-corrected chi connectivity index (χ4v) is 19.3. The molecule has 4 atom stereocenters. The molecular formula is C72H50N8O8S4. The fraction of sp³-hybridized carbons (Fsp3) is 0.194. The molecule has 0 radical (unpaired) electrons. The maximum absolute atomic E-state index is 13.3. The van der Waals surface area contributed by atoms with E-state index in [9.17, 15) is 19.8 Å². The second kappa shape index (κ2) is 20.8. The van der Waals surface area contributed by atoms with E-state index in [4.69, 9.17) is 46.4 Å². The Hall–Kier alpha value is -9.86. The lowest BCUT2D eigenvalue weighted by Crippen LogP contribution is -2.26. The van der Waals surface area contributed by atoms with Gasteiger partial charge < -0.3 is 39.0 Å². The van der Waals surface area contributed by atoms with Crippen molar-refractivity contribution in [3.05, 3.63) is 168 Å². The summed E-state index contributed by atoms with van der Waals surface area (Å²) in [5.74, 6) is 0.345. The number of carbonyl (C=O) groups is 2. The van der Waals surface area contributed by atoms with E-state index in [0.717, 1.165) is 90.5 Å². The number of benzene rings is 7. The van der Waals surface area contributed by atoms with Crippen LogP contribution in [0.1, 0.15) is 82.5 Å². The van der Waals surface area contributed by atoms with Crippen molar-refractivity contribution in [3.8, 4) is 87.0 Å². The predicted molar refractivity (Wildman–Crippen MR) is 361 cm³/mol. The summed E-state index contributed by atoms with van der Waals surface area (Å²) < 4.78 is 45.8. The standard InChI is InChI=1S/C72H50N8O8S4/c81-71(82)51-33-49(69-65-63(85-27-29-87-65)67(89-69)47-25-21-39(59-61(47)77-91-75-59)35-17-19-43-41-13-7-15-53(41)79(55(43)31-35)37-9-3-1-4-10-37)45-23-24-46-50(34-52(72(83)84)74-58(46)57(45)73-51)70-66-64(86-28-30-88-66)68(90-70)48-26-22-40(60-62(48)78-92-76-60)36-18-20-44-42-14-8-16-54(42)80(56(44)32-36)38-11-5-2-6-12-38/h1-6,9-12,17-26,31-34,41-42,53-54H,7-8,13-16,27-30H2,(H,81,82)(H,83,84). The van der Waals surface area contributed by atoms with Gasteiger partial charge in [0.2, 0.25) is 0 Å². The highest BCUT2D eigenvalue weighted by Crippen LogP contribution is 2.60. The van der Waals surface area contributed by atoms with Crippen LogP contribution in [0.4, 0.5) is 22.7 Å². The maximum atomic E-state index is 13.3. The molecule has 2 N–H and O–H groups in total. The molecule has 92 heavy (non-hydrogen) atoms. The summed E-state index contributed by atoms with van der Waals surface area (Å²) in [5, 5.41) is 22.8. The summed E-state index contributed by atoms with van der Waals surface area (Å²) >= 11 is 5.11. The number of ether oxygens (including phenoxy) is 4. The van der Waals surface area contributed by atoms with Gasteiger partial charge in [0.05, 0.1) is 54.0 Å². The Labute approximate surface area is 541 Å². The van der Waals surface area contributed by atoms with Crippen LogP contribution in [0.15, 0.2) is 146 Å². The molecule has 6 aliphatic rings. The molecule has 4 aliphatic heterocycles. The minimum absolute atomic E-state index is 0.191. The number of fused-ring (bicyclic) bond motifs is 13. The van der Waals surface area contributed by atoms with Crippen molar-refractivity contribution in [2.24, 2.45) is 0 Å². The predicted octanol–water partition coefficient (Wildman–Crippen LogP) is 17.4. The fourth-order valence-electron chi connectivity index (χ4n) is 15.6. The Morgan fingerprint density at radius 1 is 0.413 bits per heavy atom. The van der Waals surface area contributed by atoms with Gasteiger partial charge in [0, 0.05) is 90.8 Å². The van der Waals surface area contributed by atoms with Gasteiger partial charge in [0.25, 0.3) is 0 Å². The zero-order valence-electron chi connectivity index (χ0n) is 48.8. The monoisotopic (exact) mass is 1280 g/mol.